The molecule has 0 saturated carbocycles. The maximum absolute atomic E-state index is 13.1. The van der Waals surface area contributed by atoms with E-state index in [0.29, 0.717) is 11.5 Å². The van der Waals surface area contributed by atoms with Crippen molar-refractivity contribution >= 4 is 17.2 Å². The van der Waals surface area contributed by atoms with E-state index in [1.165, 1.54) is 12.1 Å². The summed E-state index contributed by atoms with van der Waals surface area (Å²) in [5, 5.41) is 3.04. The summed E-state index contributed by atoms with van der Waals surface area (Å²) in [6.45, 7) is 5.71. The normalized spacial score (nSPS) is 11.2. The highest BCUT2D eigenvalue weighted by Gasteiger charge is 2.00. The predicted molar refractivity (Wildman–Crippen MR) is 78.5 cm³/mol. The van der Waals surface area contributed by atoms with Gasteiger partial charge >= 0.3 is 0 Å². The molecule has 0 aliphatic rings. The summed E-state index contributed by atoms with van der Waals surface area (Å²) >= 11 is 0. The lowest BCUT2D eigenvalue weighted by Crippen LogP contribution is -2.08. The van der Waals surface area contributed by atoms with Crippen molar-refractivity contribution in [2.75, 3.05) is 5.32 Å². The van der Waals surface area contributed by atoms with Gasteiger partial charge in [-0.15, -0.1) is 0 Å². The van der Waals surface area contributed by atoms with Crippen LogP contribution in [0.15, 0.2) is 66.2 Å². The number of anilines is 1. The van der Waals surface area contributed by atoms with Crippen LogP contribution in [0.25, 0.3) is 0 Å². The molecule has 2 aromatic carbocycles. The van der Waals surface area contributed by atoms with Crippen LogP contribution in [0.3, 0.4) is 0 Å². The number of aryl methyl sites for hydroxylation is 1. The number of nitrogens with zero attached hydrogens (tertiary/aromatic N) is 1. The minimum atomic E-state index is -0.288. The molecular weight excluding hydrogens is 239 g/mol. The van der Waals surface area contributed by atoms with E-state index in [0.717, 1.165) is 11.3 Å². The zero-order chi connectivity index (χ0) is 13.7. The minimum Gasteiger partial charge on any atom is -0.340 e. The molecule has 0 aliphatic heterocycles. The fourth-order valence-electron chi connectivity index (χ4n) is 1.66. The molecule has 0 heterocycles. The van der Waals surface area contributed by atoms with Crippen molar-refractivity contribution < 1.29 is 4.39 Å². The van der Waals surface area contributed by atoms with Crippen molar-refractivity contribution in [1.29, 1.82) is 0 Å². The smallest absolute Gasteiger partial charge is 0.130 e. The Labute approximate surface area is 112 Å². The molecule has 0 unspecified atom stereocenters. The van der Waals surface area contributed by atoms with Gasteiger partial charge in [0.05, 0.1) is 5.69 Å². The van der Waals surface area contributed by atoms with Crippen LogP contribution >= 0.6 is 0 Å². The zero-order valence-electron chi connectivity index (χ0n) is 10.7. The molecule has 0 aromatic heterocycles. The van der Waals surface area contributed by atoms with E-state index in [-0.39, 0.29) is 5.82 Å². The summed E-state index contributed by atoms with van der Waals surface area (Å²) in [4.78, 5) is 4.47. The maximum Gasteiger partial charge on any atom is 0.130 e. The highest BCUT2D eigenvalue weighted by atomic mass is 19.1. The first-order valence-corrected chi connectivity index (χ1v) is 5.98. The summed E-state index contributed by atoms with van der Waals surface area (Å²) < 4.78 is 13.1. The molecule has 2 rings (SSSR count). The first-order valence-electron chi connectivity index (χ1n) is 5.98. The summed E-state index contributed by atoms with van der Waals surface area (Å²) in [6, 6.07) is 14.0. The Hall–Kier alpha value is -2.42. The molecule has 0 bridgehead atoms. The first-order chi connectivity index (χ1) is 9.19. The van der Waals surface area contributed by atoms with Crippen molar-refractivity contribution in [3.8, 4) is 0 Å². The molecule has 0 atom stereocenters. The topological polar surface area (TPSA) is 24.4 Å². The minimum absolute atomic E-state index is 0.288. The van der Waals surface area contributed by atoms with Crippen LogP contribution in [0.5, 0.6) is 0 Å². The number of rotatable bonds is 3. The highest BCUT2D eigenvalue weighted by molar-refractivity contribution is 6.04. The number of aliphatic imine (C=N–C) groups is 1. The average molecular weight is 254 g/mol. The number of halogens is 1. The molecule has 1 N–H and O–H groups in total. The van der Waals surface area contributed by atoms with Gasteiger partial charge in [-0.3, -0.25) is 0 Å². The first kappa shape index (κ1) is 13.0. The molecule has 0 radical (unpaired) electrons. The van der Waals surface area contributed by atoms with Gasteiger partial charge < -0.3 is 5.32 Å². The van der Waals surface area contributed by atoms with E-state index in [2.05, 4.69) is 16.9 Å². The lowest BCUT2D eigenvalue weighted by Gasteiger charge is -2.07. The molecule has 2 aromatic rings. The number of hydrogen-bond acceptors (Lipinski definition) is 1. The molecule has 0 aliphatic carbocycles. The van der Waals surface area contributed by atoms with Crippen LogP contribution in [0.4, 0.5) is 15.8 Å². The Kier molecular flexibility index (Phi) is 4.08. The lowest BCUT2D eigenvalue weighted by molar-refractivity contribution is 0.628. The second-order valence-corrected chi connectivity index (χ2v) is 4.12. The van der Waals surface area contributed by atoms with Gasteiger partial charge in [0, 0.05) is 5.69 Å². The molecule has 3 heteroatoms. The molecular formula is C16H15FN2. The summed E-state index contributed by atoms with van der Waals surface area (Å²) in [6.07, 6.45) is 1.61. The van der Waals surface area contributed by atoms with Gasteiger partial charge in [-0.05, 0) is 42.8 Å². The second-order valence-electron chi connectivity index (χ2n) is 4.12. The standard InChI is InChI=1S/C16H15FN2/c1-3-16(18-14-9-6-8-13(17)11-14)19-15-10-5-4-7-12(15)2/h3-11H,1H2,2H3,(H,18,19). The molecule has 0 saturated heterocycles. The number of hydrogen-bond donors (Lipinski definition) is 1. The Morgan fingerprint density at radius 1 is 1.21 bits per heavy atom. The van der Waals surface area contributed by atoms with Gasteiger partial charge in [-0.25, -0.2) is 9.38 Å². The van der Waals surface area contributed by atoms with E-state index in [1.807, 2.05) is 31.2 Å². The van der Waals surface area contributed by atoms with Crippen molar-refractivity contribution in [2.45, 2.75) is 6.92 Å². The molecule has 0 fully saturated rings. The third-order valence-corrected chi connectivity index (χ3v) is 2.65. The molecule has 19 heavy (non-hydrogen) atoms. The molecule has 96 valence electrons. The van der Waals surface area contributed by atoms with Gasteiger partial charge in [0.2, 0.25) is 0 Å². The SMILES string of the molecule is C=C/C(=N\c1ccccc1C)Nc1cccc(F)c1. The van der Waals surface area contributed by atoms with Crippen molar-refractivity contribution in [1.82, 2.24) is 0 Å². The fraction of sp³-hybridized carbons (Fsp3) is 0.0625. The summed E-state index contributed by atoms with van der Waals surface area (Å²) in [5.74, 6) is 0.296. The number of amidine groups is 1. The van der Waals surface area contributed by atoms with Crippen LogP contribution in [-0.4, -0.2) is 5.84 Å². The monoisotopic (exact) mass is 254 g/mol. The van der Waals surface area contributed by atoms with Gasteiger partial charge in [-0.2, -0.15) is 0 Å². The third-order valence-electron chi connectivity index (χ3n) is 2.65. The molecule has 0 amide bonds. The maximum atomic E-state index is 13.1. The van der Waals surface area contributed by atoms with Crippen LogP contribution in [-0.2, 0) is 0 Å². The second kappa shape index (κ2) is 5.96. The third kappa shape index (κ3) is 3.52. The summed E-state index contributed by atoms with van der Waals surface area (Å²) in [7, 11) is 0. The molecule has 2 nitrogen and oxygen atoms in total. The van der Waals surface area contributed by atoms with E-state index in [9.17, 15) is 4.39 Å². The largest absolute Gasteiger partial charge is 0.340 e. The van der Waals surface area contributed by atoms with Crippen LogP contribution in [0.1, 0.15) is 5.56 Å². The zero-order valence-corrected chi connectivity index (χ0v) is 10.7. The summed E-state index contributed by atoms with van der Waals surface area (Å²) in [5.41, 5.74) is 2.58. The number of nitrogens with one attached hydrogen (secondary N) is 1. The average Bonchev–Trinajstić information content (AvgIpc) is 2.40. The lowest BCUT2D eigenvalue weighted by atomic mass is 10.2. The van der Waals surface area contributed by atoms with Gasteiger partial charge in [0.15, 0.2) is 0 Å². The van der Waals surface area contributed by atoms with E-state index in [4.69, 9.17) is 0 Å². The van der Waals surface area contributed by atoms with Gasteiger partial charge in [0.25, 0.3) is 0 Å². The van der Waals surface area contributed by atoms with Crippen LogP contribution in [0, 0.1) is 12.7 Å². The van der Waals surface area contributed by atoms with E-state index in [1.54, 1.807) is 18.2 Å². The Balaban J connectivity index is 2.26. The van der Waals surface area contributed by atoms with E-state index < -0.39 is 0 Å². The predicted octanol–water partition coefficient (Wildman–Crippen LogP) is 4.46. The molecule has 0 spiro atoms. The van der Waals surface area contributed by atoms with Crippen molar-refractivity contribution in [2.24, 2.45) is 4.99 Å². The van der Waals surface area contributed by atoms with Crippen molar-refractivity contribution in [3.63, 3.8) is 0 Å². The van der Waals surface area contributed by atoms with Crippen LogP contribution < -0.4 is 5.32 Å². The Bertz CT molecular complexity index is 618. The van der Waals surface area contributed by atoms with Crippen LogP contribution in [0.2, 0.25) is 0 Å². The Morgan fingerprint density at radius 2 is 2.00 bits per heavy atom. The highest BCUT2D eigenvalue weighted by Crippen LogP contribution is 2.18. The van der Waals surface area contributed by atoms with Gasteiger partial charge in [-0.1, -0.05) is 30.8 Å². The quantitative estimate of drug-likeness (QED) is 0.634. The van der Waals surface area contributed by atoms with Crippen molar-refractivity contribution in [3.05, 3.63) is 72.6 Å². The Morgan fingerprint density at radius 3 is 2.68 bits per heavy atom. The fourth-order valence-corrected chi connectivity index (χ4v) is 1.66. The number of benzene rings is 2. The number of para-hydroxylation sites is 1. The van der Waals surface area contributed by atoms with Gasteiger partial charge in [0.1, 0.15) is 11.7 Å². The van der Waals surface area contributed by atoms with E-state index >= 15 is 0 Å².